The van der Waals surface area contributed by atoms with Crippen molar-refractivity contribution < 1.29 is 23.2 Å². The Morgan fingerprint density at radius 3 is 2.52 bits per heavy atom. The van der Waals surface area contributed by atoms with Crippen molar-refractivity contribution in [3.05, 3.63) is 34.9 Å². The molecule has 0 aromatic heterocycles. The Bertz CT molecular complexity index is 656. The molecule has 1 heterocycles. The van der Waals surface area contributed by atoms with Gasteiger partial charge in [-0.1, -0.05) is 6.07 Å². The van der Waals surface area contributed by atoms with Gasteiger partial charge in [0.25, 0.3) is 11.8 Å². The lowest BCUT2D eigenvalue weighted by molar-refractivity contribution is -0.143. The number of piperazine rings is 1. The number of rotatable bonds is 1. The number of benzene rings is 1. The molecule has 1 fully saturated rings. The van der Waals surface area contributed by atoms with Crippen LogP contribution in [0.3, 0.4) is 0 Å². The van der Waals surface area contributed by atoms with Crippen LogP contribution in [-0.2, 0) is 9.59 Å². The lowest BCUT2D eigenvalue weighted by Crippen LogP contribution is -2.65. The average molecular weight is 296 g/mol. The molecule has 1 aliphatic heterocycles. The largest absolute Gasteiger partial charge is 0.315 e. The highest BCUT2D eigenvalue weighted by atomic mass is 19.1. The first-order chi connectivity index (χ1) is 9.66. The number of hydrogen-bond donors (Lipinski definition) is 1. The molecule has 5 nitrogen and oxygen atoms in total. The summed E-state index contributed by atoms with van der Waals surface area (Å²) in [5.41, 5.74) is -2.04. The molecular formula is C14H14F2N2O3. The van der Waals surface area contributed by atoms with Crippen LogP contribution in [0.25, 0.3) is 0 Å². The zero-order chi connectivity index (χ0) is 15.9. The fourth-order valence-corrected chi connectivity index (χ4v) is 2.10. The van der Waals surface area contributed by atoms with Crippen molar-refractivity contribution >= 4 is 17.7 Å². The van der Waals surface area contributed by atoms with Gasteiger partial charge in [0.05, 0.1) is 0 Å². The van der Waals surface area contributed by atoms with Gasteiger partial charge >= 0.3 is 0 Å². The maximum absolute atomic E-state index is 14.0. The van der Waals surface area contributed by atoms with E-state index in [1.54, 1.807) is 0 Å². The highest BCUT2D eigenvalue weighted by Crippen LogP contribution is 2.24. The lowest BCUT2D eigenvalue weighted by atomic mass is 9.96. The van der Waals surface area contributed by atoms with Crippen molar-refractivity contribution in [2.45, 2.75) is 26.3 Å². The second-order valence-electron chi connectivity index (χ2n) is 5.38. The third-order valence-corrected chi connectivity index (χ3v) is 3.53. The van der Waals surface area contributed by atoms with Crippen LogP contribution in [0.1, 0.15) is 29.8 Å². The average Bonchev–Trinajstić information content (AvgIpc) is 2.39. The van der Waals surface area contributed by atoms with Crippen LogP contribution in [-0.4, -0.2) is 34.7 Å². The Kier molecular flexibility index (Phi) is 3.52. The third kappa shape index (κ3) is 2.39. The van der Waals surface area contributed by atoms with Crippen molar-refractivity contribution in [3.8, 4) is 0 Å². The van der Waals surface area contributed by atoms with Crippen LogP contribution < -0.4 is 5.32 Å². The molecule has 1 aromatic carbocycles. The molecular weight excluding hydrogens is 282 g/mol. The first-order valence-corrected chi connectivity index (χ1v) is 6.27. The summed E-state index contributed by atoms with van der Waals surface area (Å²) in [6, 6.07) is 2.19. The fourth-order valence-electron chi connectivity index (χ4n) is 2.10. The third-order valence-electron chi connectivity index (χ3n) is 3.53. The smallest absolute Gasteiger partial charge is 0.261 e. The number of amides is 3. The number of nitrogens with one attached hydrogen (secondary N) is 1. The predicted octanol–water partition coefficient (Wildman–Crippen LogP) is 1.15. The summed E-state index contributed by atoms with van der Waals surface area (Å²) < 4.78 is 27.9. The van der Waals surface area contributed by atoms with Gasteiger partial charge in [0.2, 0.25) is 5.91 Å². The maximum atomic E-state index is 14.0. The van der Waals surface area contributed by atoms with E-state index in [1.807, 2.05) is 0 Å². The van der Waals surface area contributed by atoms with Gasteiger partial charge in [-0.25, -0.2) is 8.78 Å². The molecule has 0 spiro atoms. The van der Waals surface area contributed by atoms with Crippen LogP contribution in [0, 0.1) is 18.6 Å². The number of carbonyl (C=O) groups excluding carboxylic acids is 3. The Hall–Kier alpha value is -2.31. The number of nitrogens with zero attached hydrogens (tertiary/aromatic N) is 1. The summed E-state index contributed by atoms with van der Waals surface area (Å²) in [5, 5.41) is 2.09. The zero-order valence-electron chi connectivity index (χ0n) is 11.8. The second-order valence-corrected chi connectivity index (χ2v) is 5.38. The Morgan fingerprint density at radius 1 is 1.29 bits per heavy atom. The molecule has 0 saturated carbocycles. The number of imide groups is 1. The van der Waals surface area contributed by atoms with Crippen molar-refractivity contribution in [2.75, 3.05) is 6.54 Å². The first kappa shape index (κ1) is 15.1. The summed E-state index contributed by atoms with van der Waals surface area (Å²) in [4.78, 5) is 36.5. The molecule has 0 bridgehead atoms. The van der Waals surface area contributed by atoms with E-state index in [4.69, 9.17) is 0 Å². The molecule has 1 saturated heterocycles. The van der Waals surface area contributed by atoms with E-state index in [1.165, 1.54) is 26.8 Å². The van der Waals surface area contributed by atoms with Gasteiger partial charge in [-0.3, -0.25) is 19.7 Å². The molecule has 0 radical (unpaired) electrons. The molecule has 1 N–H and O–H groups in total. The van der Waals surface area contributed by atoms with Crippen LogP contribution in [0.2, 0.25) is 0 Å². The van der Waals surface area contributed by atoms with Crippen molar-refractivity contribution in [1.82, 2.24) is 10.2 Å². The fraction of sp³-hybridized carbons (Fsp3) is 0.357. The standard InChI is InChI=1S/C14H14F2N2O3/c1-7-4-5-8(15)10(11(7)16)12(20)18-6-9(19)17-13(21)14(18,2)3/h4-5H,6H2,1-3H3,(H,17,19,21). The van der Waals surface area contributed by atoms with Gasteiger partial charge in [0.15, 0.2) is 0 Å². The molecule has 0 unspecified atom stereocenters. The lowest BCUT2D eigenvalue weighted by Gasteiger charge is -2.40. The van der Waals surface area contributed by atoms with Gasteiger partial charge in [0.1, 0.15) is 29.3 Å². The van der Waals surface area contributed by atoms with E-state index < -0.39 is 47.0 Å². The highest BCUT2D eigenvalue weighted by Gasteiger charge is 2.44. The summed E-state index contributed by atoms with van der Waals surface area (Å²) in [6.07, 6.45) is 0. The SMILES string of the molecule is Cc1ccc(F)c(C(=O)N2CC(=O)NC(=O)C2(C)C)c1F. The van der Waals surface area contributed by atoms with E-state index >= 15 is 0 Å². The Labute approximate surface area is 119 Å². The van der Waals surface area contributed by atoms with Crippen molar-refractivity contribution in [3.63, 3.8) is 0 Å². The second kappa shape index (κ2) is 4.91. The first-order valence-electron chi connectivity index (χ1n) is 6.27. The highest BCUT2D eigenvalue weighted by molar-refractivity contribution is 6.09. The van der Waals surface area contributed by atoms with Crippen LogP contribution in [0.15, 0.2) is 12.1 Å². The molecule has 1 aliphatic rings. The van der Waals surface area contributed by atoms with E-state index in [0.717, 1.165) is 11.0 Å². The summed E-state index contributed by atoms with van der Waals surface area (Å²) >= 11 is 0. The summed E-state index contributed by atoms with van der Waals surface area (Å²) in [7, 11) is 0. The molecule has 3 amide bonds. The minimum absolute atomic E-state index is 0.102. The molecule has 1 aromatic rings. The van der Waals surface area contributed by atoms with Crippen LogP contribution in [0.4, 0.5) is 8.78 Å². The van der Waals surface area contributed by atoms with Gasteiger partial charge in [-0.05, 0) is 32.4 Å². The van der Waals surface area contributed by atoms with Crippen LogP contribution >= 0.6 is 0 Å². The summed E-state index contributed by atoms with van der Waals surface area (Å²) in [5.74, 6) is -4.44. The van der Waals surface area contributed by atoms with Crippen LogP contribution in [0.5, 0.6) is 0 Å². The molecule has 0 aliphatic carbocycles. The molecule has 112 valence electrons. The quantitative estimate of drug-likeness (QED) is 0.791. The number of halogens is 2. The van der Waals surface area contributed by atoms with Gasteiger partial charge in [0, 0.05) is 0 Å². The van der Waals surface area contributed by atoms with Gasteiger partial charge in [-0.2, -0.15) is 0 Å². The number of hydrogen-bond acceptors (Lipinski definition) is 3. The van der Waals surface area contributed by atoms with Crippen molar-refractivity contribution in [1.29, 1.82) is 0 Å². The number of carbonyl (C=O) groups is 3. The van der Waals surface area contributed by atoms with Crippen molar-refractivity contribution in [2.24, 2.45) is 0 Å². The van der Waals surface area contributed by atoms with Gasteiger partial charge < -0.3 is 4.90 Å². The van der Waals surface area contributed by atoms with E-state index in [-0.39, 0.29) is 5.56 Å². The zero-order valence-corrected chi connectivity index (χ0v) is 11.8. The Morgan fingerprint density at radius 2 is 1.90 bits per heavy atom. The minimum Gasteiger partial charge on any atom is -0.315 e. The molecule has 0 atom stereocenters. The van der Waals surface area contributed by atoms with E-state index in [0.29, 0.717) is 0 Å². The van der Waals surface area contributed by atoms with Gasteiger partial charge in [-0.15, -0.1) is 0 Å². The molecule has 2 rings (SSSR count). The predicted molar refractivity (Wildman–Crippen MR) is 69.4 cm³/mol. The topological polar surface area (TPSA) is 66.5 Å². The van der Waals surface area contributed by atoms with E-state index in [9.17, 15) is 23.2 Å². The normalized spacial score (nSPS) is 17.7. The number of aryl methyl sites for hydroxylation is 1. The maximum Gasteiger partial charge on any atom is 0.261 e. The monoisotopic (exact) mass is 296 g/mol. The molecule has 21 heavy (non-hydrogen) atoms. The molecule has 7 heteroatoms. The van der Waals surface area contributed by atoms with E-state index in [2.05, 4.69) is 5.32 Å². The Balaban J connectivity index is 2.51. The minimum atomic E-state index is -1.38. The summed E-state index contributed by atoms with van der Waals surface area (Å²) in [6.45, 7) is 3.76.